The van der Waals surface area contributed by atoms with Crippen molar-refractivity contribution in [1.29, 1.82) is 0 Å². The van der Waals surface area contributed by atoms with Crippen LogP contribution in [0.3, 0.4) is 0 Å². The van der Waals surface area contributed by atoms with Gasteiger partial charge in [0, 0.05) is 48.7 Å². The Balaban J connectivity index is 1.61. The summed E-state index contributed by atoms with van der Waals surface area (Å²) in [6.45, 7) is 10.3. The fourth-order valence-corrected chi connectivity index (χ4v) is 4.98. The number of anilines is 1. The van der Waals surface area contributed by atoms with E-state index in [0.717, 1.165) is 12.3 Å². The zero-order chi connectivity index (χ0) is 24.7. The number of hydrogen-bond donors (Lipinski definition) is 2. The van der Waals surface area contributed by atoms with Crippen LogP contribution < -0.4 is 5.32 Å². The van der Waals surface area contributed by atoms with Crippen molar-refractivity contribution in [2.24, 2.45) is 5.92 Å². The number of aromatic nitrogens is 4. The van der Waals surface area contributed by atoms with Crippen LogP contribution >= 0.6 is 0 Å². The minimum Gasteiger partial charge on any atom is -0.352 e. The predicted molar refractivity (Wildman–Crippen MR) is 121 cm³/mol. The van der Waals surface area contributed by atoms with Gasteiger partial charge in [-0.3, -0.25) is 0 Å². The maximum Gasteiger partial charge on any atom is 0.417 e. The fourth-order valence-electron chi connectivity index (χ4n) is 4.11. The van der Waals surface area contributed by atoms with Crippen LogP contribution in [0.1, 0.15) is 25.3 Å². The van der Waals surface area contributed by atoms with Crippen molar-refractivity contribution in [1.82, 2.24) is 24.2 Å². The first-order valence-electron chi connectivity index (χ1n) is 10.5. The lowest BCUT2D eigenvalue weighted by molar-refractivity contribution is -0.137. The molecule has 2 N–H and O–H groups in total. The summed E-state index contributed by atoms with van der Waals surface area (Å²) in [5.74, 6) is 0.409. The molecule has 0 saturated carbocycles. The Labute approximate surface area is 194 Å². The Hall–Kier alpha value is -3.24. The minimum atomic E-state index is -4.56. The molecule has 9 nitrogen and oxygen atoms in total. The molecule has 1 aliphatic rings. The fraction of sp³-hybridized carbons (Fsp3) is 0.429. The van der Waals surface area contributed by atoms with Gasteiger partial charge in [0.25, 0.3) is 0 Å². The number of nitrogens with one attached hydrogen (secondary N) is 2. The smallest absolute Gasteiger partial charge is 0.352 e. The molecule has 180 valence electrons. The molecule has 0 radical (unpaired) electrons. The second kappa shape index (κ2) is 8.84. The summed E-state index contributed by atoms with van der Waals surface area (Å²) in [6, 6.07) is 0.893. The number of piperidine rings is 1. The molecule has 0 amide bonds. The zero-order valence-corrected chi connectivity index (χ0v) is 19.2. The predicted octanol–water partition coefficient (Wildman–Crippen LogP) is 4.06. The molecule has 4 rings (SSSR count). The lowest BCUT2D eigenvalue weighted by Gasteiger charge is -2.33. The zero-order valence-electron chi connectivity index (χ0n) is 18.4. The highest BCUT2D eigenvalue weighted by Crippen LogP contribution is 2.37. The van der Waals surface area contributed by atoms with Crippen LogP contribution in [0.25, 0.3) is 27.1 Å². The molecule has 3 aromatic rings. The van der Waals surface area contributed by atoms with Gasteiger partial charge in [0.15, 0.2) is 0 Å². The normalized spacial score (nSPS) is 16.9. The van der Waals surface area contributed by atoms with Crippen LogP contribution in [-0.2, 0) is 16.2 Å². The number of alkyl halides is 3. The average Bonchev–Trinajstić information content (AvgIpc) is 3.21. The molecule has 0 aromatic carbocycles. The number of hydrogen-bond acceptors (Lipinski definition) is 6. The summed E-state index contributed by atoms with van der Waals surface area (Å²) in [4.78, 5) is 18.7. The van der Waals surface area contributed by atoms with Crippen molar-refractivity contribution >= 4 is 32.7 Å². The summed E-state index contributed by atoms with van der Waals surface area (Å²) in [5, 5.41) is 3.40. The van der Waals surface area contributed by atoms with Crippen molar-refractivity contribution in [3.63, 3.8) is 0 Å². The highest BCUT2D eigenvalue weighted by molar-refractivity contribution is 7.88. The molecule has 1 atom stereocenters. The van der Waals surface area contributed by atoms with Crippen LogP contribution in [0.2, 0.25) is 0 Å². The number of fused-ring (bicyclic) bond motifs is 1. The first-order valence-corrected chi connectivity index (χ1v) is 12.3. The Kier molecular flexibility index (Phi) is 6.22. The molecule has 0 spiro atoms. The number of nitrogens with zero attached hydrogens (tertiary/aromatic N) is 5. The van der Waals surface area contributed by atoms with Gasteiger partial charge in [-0.15, -0.1) is 0 Å². The van der Waals surface area contributed by atoms with Gasteiger partial charge >= 0.3 is 6.18 Å². The van der Waals surface area contributed by atoms with Gasteiger partial charge in [-0.05, 0) is 31.7 Å². The highest BCUT2D eigenvalue weighted by atomic mass is 32.2. The Bertz CT molecular complexity index is 1360. The molecular formula is C21H22F3N7O2S. The van der Waals surface area contributed by atoms with E-state index in [4.69, 9.17) is 6.57 Å². The molecule has 1 saturated heterocycles. The third-order valence-corrected chi connectivity index (χ3v) is 7.34. The summed E-state index contributed by atoms with van der Waals surface area (Å²) < 4.78 is 64.5. The van der Waals surface area contributed by atoms with Crippen molar-refractivity contribution in [2.45, 2.75) is 32.0 Å². The highest BCUT2D eigenvalue weighted by Gasteiger charge is 2.32. The van der Waals surface area contributed by atoms with E-state index in [-0.39, 0.29) is 40.3 Å². The van der Waals surface area contributed by atoms with Crippen LogP contribution in [0.15, 0.2) is 24.7 Å². The summed E-state index contributed by atoms with van der Waals surface area (Å²) in [6.07, 6.45) is 1.53. The van der Waals surface area contributed by atoms with E-state index in [1.807, 2.05) is 6.92 Å². The molecule has 34 heavy (non-hydrogen) atoms. The van der Waals surface area contributed by atoms with Gasteiger partial charge in [-0.1, -0.05) is 0 Å². The van der Waals surface area contributed by atoms with E-state index in [1.54, 1.807) is 0 Å². The number of sulfonamides is 1. The molecule has 13 heteroatoms. The summed E-state index contributed by atoms with van der Waals surface area (Å²) >= 11 is 0. The Morgan fingerprint density at radius 1 is 1.26 bits per heavy atom. The number of rotatable bonds is 5. The molecule has 1 unspecified atom stereocenters. The standard InChI is InChI=1S/C21H22F3N7O2S/c1-12(13-4-6-31(7-5-13)34(3,32)33)29-20-28-11-17(25-2)18(30-20)16-10-27-19-15(16)8-14(9-26-19)21(22,23)24/h8-13H,4-7H2,1,3H3,(H,26,27)(H,28,29,30). The SMILES string of the molecule is [C-]#[N+]c1cnc(NC(C)C2CCN(S(C)(=O)=O)CC2)nc1-c1c[nH]c2ncc(C(F)(F)F)cc12. The second-order valence-electron chi connectivity index (χ2n) is 8.29. The molecule has 0 aliphatic carbocycles. The Morgan fingerprint density at radius 3 is 2.59 bits per heavy atom. The largest absolute Gasteiger partial charge is 0.417 e. The van der Waals surface area contributed by atoms with E-state index in [0.29, 0.717) is 31.5 Å². The third-order valence-electron chi connectivity index (χ3n) is 6.03. The topological polar surface area (TPSA) is 108 Å². The molecular weight excluding hydrogens is 471 g/mol. The quantitative estimate of drug-likeness (QED) is 0.519. The van der Waals surface area contributed by atoms with Crippen LogP contribution in [0, 0.1) is 12.5 Å². The van der Waals surface area contributed by atoms with E-state index in [2.05, 4.69) is 30.1 Å². The van der Waals surface area contributed by atoms with E-state index < -0.39 is 21.8 Å². The van der Waals surface area contributed by atoms with Gasteiger partial charge in [0.2, 0.25) is 21.7 Å². The maximum absolute atomic E-state index is 13.2. The maximum atomic E-state index is 13.2. The van der Waals surface area contributed by atoms with E-state index in [1.165, 1.54) is 23.0 Å². The van der Waals surface area contributed by atoms with Gasteiger partial charge < -0.3 is 10.3 Å². The van der Waals surface area contributed by atoms with E-state index >= 15 is 0 Å². The first kappa shape index (κ1) is 23.9. The first-order chi connectivity index (χ1) is 16.0. The molecule has 4 heterocycles. The van der Waals surface area contributed by atoms with Crippen molar-refractivity contribution in [3.05, 3.63) is 41.6 Å². The molecule has 1 fully saturated rings. The van der Waals surface area contributed by atoms with Crippen molar-refractivity contribution in [2.75, 3.05) is 24.7 Å². The molecule has 3 aromatic heterocycles. The minimum absolute atomic E-state index is 0.0881. The monoisotopic (exact) mass is 493 g/mol. The van der Waals surface area contributed by atoms with Crippen LogP contribution in [0.4, 0.5) is 24.8 Å². The van der Waals surface area contributed by atoms with E-state index in [9.17, 15) is 21.6 Å². The second-order valence-corrected chi connectivity index (χ2v) is 10.3. The number of aromatic amines is 1. The Morgan fingerprint density at radius 2 is 1.97 bits per heavy atom. The lowest BCUT2D eigenvalue weighted by atomic mass is 9.91. The third kappa shape index (κ3) is 4.83. The summed E-state index contributed by atoms with van der Waals surface area (Å²) in [7, 11) is -3.22. The van der Waals surface area contributed by atoms with Gasteiger partial charge in [-0.25, -0.2) is 32.5 Å². The van der Waals surface area contributed by atoms with Crippen molar-refractivity contribution < 1.29 is 21.6 Å². The van der Waals surface area contributed by atoms with Gasteiger partial charge in [-0.2, -0.15) is 13.2 Å². The number of halogens is 3. The number of pyridine rings is 1. The van der Waals surface area contributed by atoms with Crippen molar-refractivity contribution in [3.8, 4) is 11.3 Å². The van der Waals surface area contributed by atoms with Gasteiger partial charge in [0.1, 0.15) is 5.65 Å². The average molecular weight is 494 g/mol. The summed E-state index contributed by atoms with van der Waals surface area (Å²) in [5.41, 5.74) is -0.0409. The lowest BCUT2D eigenvalue weighted by Crippen LogP contribution is -2.41. The molecule has 0 bridgehead atoms. The number of H-pyrrole nitrogens is 1. The molecule has 1 aliphatic heterocycles. The van der Waals surface area contributed by atoms with Gasteiger partial charge in [0.05, 0.1) is 24.1 Å². The van der Waals surface area contributed by atoms with Crippen LogP contribution in [-0.4, -0.2) is 58.0 Å². The van der Waals surface area contributed by atoms with Crippen LogP contribution in [0.5, 0.6) is 0 Å².